The van der Waals surface area contributed by atoms with Gasteiger partial charge in [0.1, 0.15) is 0 Å². The van der Waals surface area contributed by atoms with E-state index in [-0.39, 0.29) is 147 Å². The number of hydrogen-bond donors (Lipinski definition) is 6. The first-order chi connectivity index (χ1) is 27.9. The summed E-state index contributed by atoms with van der Waals surface area (Å²) in [6.45, 7) is 23.3. The van der Waals surface area contributed by atoms with Gasteiger partial charge in [-0.2, -0.15) is 0 Å². The van der Waals surface area contributed by atoms with Crippen LogP contribution in [-0.2, 0) is 57.2 Å². The second-order valence-corrected chi connectivity index (χ2v) is 12.8. The molecule has 0 radical (unpaired) electrons. The van der Waals surface area contributed by atoms with Gasteiger partial charge < -0.3 is 60.3 Å². The highest BCUT2D eigenvalue weighted by atomic mass is 16.5. The van der Waals surface area contributed by atoms with E-state index in [1.165, 1.54) is 6.08 Å². The Kier molecular flexibility index (Phi) is 31.2. The number of nitrogens with one attached hydrogen (secondary N) is 6. The molecule has 326 valence electrons. The zero-order chi connectivity index (χ0) is 43.3. The smallest absolute Gasteiger partial charge is 0.243 e. The van der Waals surface area contributed by atoms with Crippen molar-refractivity contribution in [1.82, 2.24) is 31.9 Å². The number of carbonyl (C=O) groups excluding carboxylic acids is 6. The molecule has 0 heterocycles. The van der Waals surface area contributed by atoms with Gasteiger partial charge >= 0.3 is 0 Å². The summed E-state index contributed by atoms with van der Waals surface area (Å²) in [4.78, 5) is 70.4. The Morgan fingerprint density at radius 1 is 0.345 bits per heavy atom. The number of carbonyl (C=O) groups is 6. The van der Waals surface area contributed by atoms with Gasteiger partial charge in [-0.1, -0.05) is 39.5 Å². The van der Waals surface area contributed by atoms with E-state index < -0.39 is 10.8 Å². The first kappa shape index (κ1) is 53.0. The quantitative estimate of drug-likeness (QED) is 0.0346. The number of rotatable bonds is 39. The molecule has 0 aromatic carbocycles. The van der Waals surface area contributed by atoms with Crippen molar-refractivity contribution < 1.29 is 57.2 Å². The summed E-state index contributed by atoms with van der Waals surface area (Å²) in [5.74, 6) is -2.10. The van der Waals surface area contributed by atoms with E-state index in [9.17, 15) is 28.8 Å². The molecule has 0 aromatic heterocycles. The van der Waals surface area contributed by atoms with Crippen molar-refractivity contribution >= 4 is 35.4 Å². The Morgan fingerprint density at radius 3 is 0.845 bits per heavy atom. The van der Waals surface area contributed by atoms with E-state index in [0.717, 1.165) is 30.4 Å². The van der Waals surface area contributed by atoms with Crippen LogP contribution in [0.25, 0.3) is 0 Å². The van der Waals surface area contributed by atoms with E-state index in [4.69, 9.17) is 28.4 Å². The lowest BCUT2D eigenvalue weighted by molar-refractivity contribution is -0.132. The molecular weight excluding hydrogens is 756 g/mol. The van der Waals surface area contributed by atoms with Crippen molar-refractivity contribution in [1.29, 1.82) is 0 Å². The lowest BCUT2D eigenvalue weighted by Gasteiger charge is -2.37. The Hall–Kier alpha value is -4.98. The van der Waals surface area contributed by atoms with Crippen LogP contribution in [0, 0.1) is 10.8 Å². The predicted molar refractivity (Wildman–Crippen MR) is 218 cm³/mol. The first-order valence-electron chi connectivity index (χ1n) is 18.8. The van der Waals surface area contributed by atoms with E-state index in [1.54, 1.807) is 0 Å². The average Bonchev–Trinajstić information content (AvgIpc) is 3.23. The van der Waals surface area contributed by atoms with Crippen LogP contribution < -0.4 is 31.9 Å². The Morgan fingerprint density at radius 2 is 0.569 bits per heavy atom. The van der Waals surface area contributed by atoms with E-state index in [1.807, 2.05) is 0 Å². The molecule has 6 N–H and O–H groups in total. The van der Waals surface area contributed by atoms with Gasteiger partial charge in [0.15, 0.2) is 0 Å². The molecule has 58 heavy (non-hydrogen) atoms. The zero-order valence-corrected chi connectivity index (χ0v) is 33.7. The molecular formula is C40H64N6O12. The minimum atomic E-state index is -0.956. The molecule has 0 aromatic rings. The minimum Gasteiger partial charge on any atom is -0.380 e. The molecule has 0 saturated heterocycles. The van der Waals surface area contributed by atoms with Crippen LogP contribution in [0.4, 0.5) is 0 Å². The second-order valence-electron chi connectivity index (χ2n) is 12.8. The minimum absolute atomic E-state index is 0.0176. The molecule has 6 amide bonds. The molecule has 18 heteroatoms. The summed E-state index contributed by atoms with van der Waals surface area (Å²) in [5.41, 5.74) is -1.76. The molecule has 18 nitrogen and oxygen atoms in total. The zero-order valence-electron chi connectivity index (χ0n) is 33.7. The lowest BCUT2D eigenvalue weighted by atomic mass is 9.85. The molecule has 0 aliphatic carbocycles. The van der Waals surface area contributed by atoms with Crippen molar-refractivity contribution in [2.75, 3.05) is 119 Å². The van der Waals surface area contributed by atoms with Crippen molar-refractivity contribution in [3.8, 4) is 0 Å². The topological polar surface area (TPSA) is 230 Å². The van der Waals surface area contributed by atoms with Gasteiger partial charge in [-0.15, -0.1) is 0 Å². The Bertz CT molecular complexity index is 1220. The summed E-state index contributed by atoms with van der Waals surface area (Å²) in [6, 6.07) is 0. The molecule has 0 bridgehead atoms. The predicted octanol–water partition coefficient (Wildman–Crippen LogP) is -0.348. The third-order valence-corrected chi connectivity index (χ3v) is 7.88. The number of ether oxygens (including phenoxy) is 6. The van der Waals surface area contributed by atoms with Crippen molar-refractivity contribution in [2.45, 2.75) is 12.8 Å². The maximum Gasteiger partial charge on any atom is 0.243 e. The SMILES string of the molecule is C=CC(=O)NCCCC(COCCNC(=O)C=C)(COCCNC(=O)C=C)COCC(COCCNC(=O)C=C)(COCCNC(=O)C=C)COCCNC(=O)C=C. The van der Waals surface area contributed by atoms with Gasteiger partial charge in [-0.3, -0.25) is 28.8 Å². The monoisotopic (exact) mass is 820 g/mol. The normalized spacial score (nSPS) is 11.0. The molecule has 0 spiro atoms. The van der Waals surface area contributed by atoms with Crippen LogP contribution in [0.3, 0.4) is 0 Å². The van der Waals surface area contributed by atoms with Crippen LogP contribution in [0.2, 0.25) is 0 Å². The first-order valence-corrected chi connectivity index (χ1v) is 18.8. The fourth-order valence-corrected chi connectivity index (χ4v) is 4.86. The molecule has 0 rings (SSSR count). The summed E-state index contributed by atoms with van der Waals surface area (Å²) >= 11 is 0. The molecule has 0 saturated carbocycles. The Labute approximate surface area is 342 Å². The highest BCUT2D eigenvalue weighted by Crippen LogP contribution is 2.28. The third-order valence-electron chi connectivity index (χ3n) is 7.88. The maximum absolute atomic E-state index is 11.9. The van der Waals surface area contributed by atoms with Gasteiger partial charge in [-0.25, -0.2) is 0 Å². The second kappa shape index (κ2) is 34.1. The maximum atomic E-state index is 11.9. The van der Waals surface area contributed by atoms with Gasteiger partial charge in [0.05, 0.1) is 84.7 Å². The highest BCUT2D eigenvalue weighted by molar-refractivity contribution is 5.88. The van der Waals surface area contributed by atoms with Crippen molar-refractivity contribution in [3.05, 3.63) is 75.9 Å². The highest BCUT2D eigenvalue weighted by Gasteiger charge is 2.36. The third kappa shape index (κ3) is 27.6. The van der Waals surface area contributed by atoms with Crippen molar-refractivity contribution in [3.63, 3.8) is 0 Å². The Balaban J connectivity index is 6.42. The summed E-state index contributed by atoms with van der Waals surface area (Å²) in [5, 5.41) is 16.1. The molecule has 0 fully saturated rings. The van der Waals surface area contributed by atoms with Crippen LogP contribution in [0.5, 0.6) is 0 Å². The van der Waals surface area contributed by atoms with E-state index in [0.29, 0.717) is 19.4 Å². The fourth-order valence-electron chi connectivity index (χ4n) is 4.86. The largest absolute Gasteiger partial charge is 0.380 e. The van der Waals surface area contributed by atoms with Crippen LogP contribution >= 0.6 is 0 Å². The van der Waals surface area contributed by atoms with Gasteiger partial charge in [0, 0.05) is 44.7 Å². The van der Waals surface area contributed by atoms with E-state index >= 15 is 0 Å². The number of amides is 6. The van der Waals surface area contributed by atoms with Crippen LogP contribution in [-0.4, -0.2) is 154 Å². The summed E-state index contributed by atoms with van der Waals surface area (Å²) < 4.78 is 36.7. The van der Waals surface area contributed by atoms with Gasteiger partial charge in [-0.05, 0) is 49.3 Å². The van der Waals surface area contributed by atoms with Crippen molar-refractivity contribution in [2.24, 2.45) is 10.8 Å². The van der Waals surface area contributed by atoms with Crippen LogP contribution in [0.1, 0.15) is 12.8 Å². The molecule has 0 unspecified atom stereocenters. The lowest BCUT2D eigenvalue weighted by Crippen LogP contribution is -2.45. The summed E-state index contributed by atoms with van der Waals surface area (Å²) in [6.07, 6.45) is 7.90. The standard InChI is InChI=1S/C40H64N6O12/c1-7-33(47)41-15-13-14-39(26-53-21-16-42-34(48)8-2,27-54-22-17-43-35(49)9-3)28-58-32-40(29-55-23-18-44-36(50)10-4,30-56-24-19-45-37(51)11-5)31-57-25-20-46-38(52)12-6/h7-12H,1-6,13-32H2,(H,41,47)(H,42,48)(H,43,49)(H,44,50)(H,45,51)(H,46,52). The number of hydrogen-bond acceptors (Lipinski definition) is 12. The molecule has 0 aliphatic heterocycles. The summed E-state index contributed by atoms with van der Waals surface area (Å²) in [7, 11) is 0. The molecule has 0 aliphatic rings. The van der Waals surface area contributed by atoms with Gasteiger partial charge in [0.25, 0.3) is 0 Å². The fraction of sp³-hybridized carbons (Fsp3) is 0.550. The van der Waals surface area contributed by atoms with E-state index in [2.05, 4.69) is 71.4 Å². The average molecular weight is 821 g/mol. The molecule has 0 atom stereocenters. The van der Waals surface area contributed by atoms with Crippen LogP contribution in [0.15, 0.2) is 75.9 Å². The van der Waals surface area contributed by atoms with Gasteiger partial charge in [0.2, 0.25) is 35.4 Å².